The van der Waals surface area contributed by atoms with E-state index >= 15 is 0 Å². The van der Waals surface area contributed by atoms with Gasteiger partial charge >= 0.3 is 0 Å². The topological polar surface area (TPSA) is 24.9 Å². The number of hydrogen-bond donors (Lipinski definition) is 1. The average molecular weight is 312 g/mol. The molecule has 2 aromatic rings. The van der Waals surface area contributed by atoms with E-state index < -0.39 is 0 Å². The van der Waals surface area contributed by atoms with Crippen LogP contribution in [-0.2, 0) is 6.42 Å². The fourth-order valence-electron chi connectivity index (χ4n) is 1.51. The summed E-state index contributed by atoms with van der Waals surface area (Å²) in [5.74, 6) is 0.728. The molecule has 0 aliphatic rings. The number of anilines is 1. The zero-order chi connectivity index (χ0) is 12.1. The van der Waals surface area contributed by atoms with Crippen LogP contribution in [0.3, 0.4) is 0 Å². The molecular weight excluding hydrogens is 300 g/mol. The van der Waals surface area contributed by atoms with Gasteiger partial charge in [-0.1, -0.05) is 41.9 Å². The molecule has 0 spiro atoms. The average Bonchev–Trinajstić information content (AvgIpc) is 2.33. The molecule has 88 valence electrons. The Hall–Kier alpha value is -1.06. The zero-order valence-electron chi connectivity index (χ0n) is 9.16. The largest absolute Gasteiger partial charge is 0.369 e. The minimum atomic E-state index is 0.632. The number of pyridine rings is 1. The second kappa shape index (κ2) is 6.03. The molecule has 0 saturated carbocycles. The van der Waals surface area contributed by atoms with Crippen molar-refractivity contribution in [2.24, 2.45) is 0 Å². The first-order valence-corrected chi connectivity index (χ1v) is 6.51. The van der Waals surface area contributed by atoms with Crippen LogP contribution >= 0.6 is 27.5 Å². The van der Waals surface area contributed by atoms with Crippen molar-refractivity contribution in [3.8, 4) is 0 Å². The van der Waals surface area contributed by atoms with E-state index in [1.165, 1.54) is 5.56 Å². The predicted octanol–water partition coefficient (Wildman–Crippen LogP) is 4.15. The van der Waals surface area contributed by atoms with E-state index in [1.807, 2.05) is 24.3 Å². The van der Waals surface area contributed by atoms with Crippen LogP contribution in [0.2, 0.25) is 5.02 Å². The van der Waals surface area contributed by atoms with Crippen LogP contribution in [0.1, 0.15) is 5.56 Å². The van der Waals surface area contributed by atoms with Crippen LogP contribution < -0.4 is 5.32 Å². The molecule has 17 heavy (non-hydrogen) atoms. The first-order valence-electron chi connectivity index (χ1n) is 5.34. The van der Waals surface area contributed by atoms with Gasteiger partial charge in [0.15, 0.2) is 0 Å². The lowest BCUT2D eigenvalue weighted by Gasteiger charge is -2.07. The summed E-state index contributed by atoms with van der Waals surface area (Å²) >= 11 is 9.38. The smallest absolute Gasteiger partial charge is 0.144 e. The maximum absolute atomic E-state index is 6.06. The number of rotatable bonds is 4. The van der Waals surface area contributed by atoms with Crippen molar-refractivity contribution in [2.75, 3.05) is 11.9 Å². The van der Waals surface area contributed by atoms with Gasteiger partial charge in [-0.15, -0.1) is 0 Å². The second-order valence-corrected chi connectivity index (χ2v) is 4.97. The molecule has 0 unspecified atom stereocenters. The number of aromatic nitrogens is 1. The van der Waals surface area contributed by atoms with Gasteiger partial charge in [-0.05, 0) is 34.0 Å². The van der Waals surface area contributed by atoms with Crippen molar-refractivity contribution in [1.29, 1.82) is 0 Å². The molecule has 2 nitrogen and oxygen atoms in total. The van der Waals surface area contributed by atoms with Crippen molar-refractivity contribution < 1.29 is 0 Å². The molecule has 0 bridgehead atoms. The number of hydrogen-bond acceptors (Lipinski definition) is 2. The number of nitrogens with zero attached hydrogens (tertiary/aromatic N) is 1. The standard InChI is InChI=1S/C13H12BrClN2/c14-11-8-12(15)13(17-9-11)16-7-6-10-4-2-1-3-5-10/h1-5,8-9H,6-7H2,(H,16,17). The van der Waals surface area contributed by atoms with Gasteiger partial charge in [-0.3, -0.25) is 0 Å². The first-order chi connectivity index (χ1) is 8.25. The van der Waals surface area contributed by atoms with Crippen molar-refractivity contribution in [1.82, 2.24) is 4.98 Å². The molecule has 1 heterocycles. The second-order valence-electron chi connectivity index (χ2n) is 3.65. The Balaban J connectivity index is 1.90. The summed E-state index contributed by atoms with van der Waals surface area (Å²) in [6.07, 6.45) is 2.69. The molecule has 0 atom stereocenters. The third kappa shape index (κ3) is 3.72. The summed E-state index contributed by atoms with van der Waals surface area (Å²) in [7, 11) is 0. The van der Waals surface area contributed by atoms with E-state index in [0.717, 1.165) is 23.3 Å². The monoisotopic (exact) mass is 310 g/mol. The summed E-state index contributed by atoms with van der Waals surface area (Å²) in [6, 6.07) is 12.2. The minimum Gasteiger partial charge on any atom is -0.369 e. The molecule has 1 aromatic heterocycles. The molecular formula is C13H12BrClN2. The fourth-order valence-corrected chi connectivity index (χ4v) is 2.21. The summed E-state index contributed by atoms with van der Waals surface area (Å²) < 4.78 is 0.885. The maximum Gasteiger partial charge on any atom is 0.144 e. The van der Waals surface area contributed by atoms with Gasteiger partial charge in [0.25, 0.3) is 0 Å². The number of halogens is 2. The highest BCUT2D eigenvalue weighted by molar-refractivity contribution is 9.10. The van der Waals surface area contributed by atoms with Gasteiger partial charge in [0, 0.05) is 17.2 Å². The van der Waals surface area contributed by atoms with E-state index in [4.69, 9.17) is 11.6 Å². The summed E-state index contributed by atoms with van der Waals surface area (Å²) in [4.78, 5) is 4.22. The van der Waals surface area contributed by atoms with Crippen molar-refractivity contribution in [3.05, 3.63) is 57.7 Å². The molecule has 1 aromatic carbocycles. The molecule has 0 amide bonds. The van der Waals surface area contributed by atoms with E-state index in [2.05, 4.69) is 38.4 Å². The molecule has 0 fully saturated rings. The lowest BCUT2D eigenvalue weighted by Crippen LogP contribution is -2.06. The third-order valence-electron chi connectivity index (χ3n) is 2.36. The number of nitrogens with one attached hydrogen (secondary N) is 1. The number of benzene rings is 1. The Morgan fingerprint density at radius 1 is 1.24 bits per heavy atom. The van der Waals surface area contributed by atoms with E-state index in [-0.39, 0.29) is 0 Å². The highest BCUT2D eigenvalue weighted by Gasteiger charge is 2.01. The third-order valence-corrected chi connectivity index (χ3v) is 3.08. The summed E-state index contributed by atoms with van der Waals surface area (Å²) in [5.41, 5.74) is 1.30. The van der Waals surface area contributed by atoms with E-state index in [0.29, 0.717) is 5.02 Å². The lowest BCUT2D eigenvalue weighted by atomic mass is 10.1. The molecule has 0 aliphatic carbocycles. The summed E-state index contributed by atoms with van der Waals surface area (Å²) in [5, 5.41) is 3.86. The molecule has 0 radical (unpaired) electrons. The fraction of sp³-hybridized carbons (Fsp3) is 0.154. The van der Waals surface area contributed by atoms with Crippen LogP contribution in [0.25, 0.3) is 0 Å². The molecule has 2 rings (SSSR count). The van der Waals surface area contributed by atoms with Gasteiger partial charge in [0.05, 0.1) is 5.02 Å². The van der Waals surface area contributed by atoms with Crippen LogP contribution in [0.5, 0.6) is 0 Å². The van der Waals surface area contributed by atoms with Gasteiger partial charge in [-0.2, -0.15) is 0 Å². The van der Waals surface area contributed by atoms with Gasteiger partial charge in [0.2, 0.25) is 0 Å². The first kappa shape index (κ1) is 12.4. The zero-order valence-corrected chi connectivity index (χ0v) is 11.5. The highest BCUT2D eigenvalue weighted by atomic mass is 79.9. The lowest BCUT2D eigenvalue weighted by molar-refractivity contribution is 1.01. The molecule has 1 N–H and O–H groups in total. The Morgan fingerprint density at radius 2 is 2.00 bits per heavy atom. The van der Waals surface area contributed by atoms with Crippen LogP contribution in [0.15, 0.2) is 47.1 Å². The van der Waals surface area contributed by atoms with E-state index in [9.17, 15) is 0 Å². The molecule has 4 heteroatoms. The highest BCUT2D eigenvalue weighted by Crippen LogP contribution is 2.22. The van der Waals surface area contributed by atoms with E-state index in [1.54, 1.807) is 6.20 Å². The Bertz CT molecular complexity index is 488. The van der Waals surface area contributed by atoms with Crippen LogP contribution in [0.4, 0.5) is 5.82 Å². The van der Waals surface area contributed by atoms with Crippen molar-refractivity contribution in [3.63, 3.8) is 0 Å². The summed E-state index contributed by atoms with van der Waals surface area (Å²) in [6.45, 7) is 0.818. The minimum absolute atomic E-state index is 0.632. The Kier molecular flexibility index (Phi) is 4.40. The maximum atomic E-state index is 6.06. The van der Waals surface area contributed by atoms with Crippen molar-refractivity contribution >= 4 is 33.3 Å². The van der Waals surface area contributed by atoms with Crippen LogP contribution in [0, 0.1) is 0 Å². The molecule has 0 saturated heterocycles. The molecule has 0 aliphatic heterocycles. The van der Waals surface area contributed by atoms with Gasteiger partial charge < -0.3 is 5.32 Å². The Labute approximate surface area is 114 Å². The SMILES string of the molecule is Clc1cc(Br)cnc1NCCc1ccccc1. The Morgan fingerprint density at radius 3 is 2.71 bits per heavy atom. The normalized spacial score (nSPS) is 10.2. The van der Waals surface area contributed by atoms with Crippen molar-refractivity contribution in [2.45, 2.75) is 6.42 Å². The van der Waals surface area contributed by atoms with Crippen LogP contribution in [-0.4, -0.2) is 11.5 Å². The quantitative estimate of drug-likeness (QED) is 0.917. The van der Waals surface area contributed by atoms with Gasteiger partial charge in [-0.25, -0.2) is 4.98 Å². The predicted molar refractivity (Wildman–Crippen MR) is 75.6 cm³/mol. The van der Waals surface area contributed by atoms with Gasteiger partial charge in [0.1, 0.15) is 5.82 Å².